The first-order chi connectivity index (χ1) is 10.1. The minimum atomic E-state index is -0.815. The normalized spacial score (nSPS) is 10.2. The van der Waals surface area contributed by atoms with Crippen LogP contribution in [0.4, 0.5) is 11.5 Å². The predicted molar refractivity (Wildman–Crippen MR) is 78.4 cm³/mol. The fraction of sp³-hybridized carbons (Fsp3) is 0.231. The van der Waals surface area contributed by atoms with Crippen LogP contribution in [0.5, 0.6) is 5.75 Å². The third kappa shape index (κ3) is 2.83. The van der Waals surface area contributed by atoms with Crippen LogP contribution in [-0.2, 0) is 6.54 Å². The molecule has 0 aliphatic carbocycles. The maximum absolute atomic E-state index is 11.9. The molecule has 2 rings (SSSR count). The average Bonchev–Trinajstić information content (AvgIpc) is 2.50. The number of nitrogens with zero attached hydrogens (tertiary/aromatic N) is 2. The molecule has 1 aromatic heterocycles. The van der Waals surface area contributed by atoms with Crippen LogP contribution in [-0.4, -0.2) is 23.7 Å². The second-order valence-electron chi connectivity index (χ2n) is 4.23. The Morgan fingerprint density at radius 3 is 2.48 bits per heavy atom. The largest absolute Gasteiger partial charge is 0.497 e. The third-order valence-corrected chi connectivity index (χ3v) is 3.00. The van der Waals surface area contributed by atoms with Gasteiger partial charge in [0.15, 0.2) is 0 Å². The topological polar surface area (TPSA) is 106 Å². The summed E-state index contributed by atoms with van der Waals surface area (Å²) in [6.07, 6.45) is 0. The molecule has 110 valence electrons. The van der Waals surface area contributed by atoms with Gasteiger partial charge in [0.25, 0.3) is 5.56 Å². The summed E-state index contributed by atoms with van der Waals surface area (Å²) < 4.78 is 6.29. The zero-order valence-electron chi connectivity index (χ0n) is 11.5. The second kappa shape index (κ2) is 6.04. The summed E-state index contributed by atoms with van der Waals surface area (Å²) in [5, 5.41) is 5.34. The van der Waals surface area contributed by atoms with Crippen molar-refractivity contribution in [1.29, 1.82) is 0 Å². The average molecular weight is 290 g/mol. The number of nitroso groups, excluding NO2 is 1. The number of hydrogen-bond donors (Lipinski definition) is 2. The maximum Gasteiger partial charge on any atom is 0.330 e. The Balaban J connectivity index is 2.50. The molecule has 0 spiro atoms. The lowest BCUT2D eigenvalue weighted by Crippen LogP contribution is -2.32. The van der Waals surface area contributed by atoms with Crippen molar-refractivity contribution >= 4 is 11.5 Å². The molecule has 2 aromatic rings. The second-order valence-corrected chi connectivity index (χ2v) is 4.23. The smallest absolute Gasteiger partial charge is 0.330 e. The lowest BCUT2D eigenvalue weighted by molar-refractivity contribution is 0.414. The van der Waals surface area contributed by atoms with E-state index in [2.05, 4.69) is 15.5 Å². The quantitative estimate of drug-likeness (QED) is 0.800. The van der Waals surface area contributed by atoms with Crippen molar-refractivity contribution in [2.45, 2.75) is 6.54 Å². The standard InChI is InChI=1S/C13H14N4O4/c1-14-11-10(16-20)12(18)15-13(19)17(11)7-8-3-5-9(21-2)6-4-8/h3-6,14H,7H2,1-2H3,(H,15,18,19). The Labute approximate surface area is 119 Å². The van der Waals surface area contributed by atoms with Gasteiger partial charge in [0.1, 0.15) is 11.6 Å². The van der Waals surface area contributed by atoms with E-state index in [1.165, 1.54) is 11.6 Å². The summed E-state index contributed by atoms with van der Waals surface area (Å²) in [7, 11) is 3.07. The first-order valence-corrected chi connectivity index (χ1v) is 6.12. The first kappa shape index (κ1) is 14.5. The Hall–Kier alpha value is -2.90. The molecule has 0 aliphatic rings. The van der Waals surface area contributed by atoms with Gasteiger partial charge in [-0.15, -0.1) is 4.91 Å². The van der Waals surface area contributed by atoms with E-state index in [1.54, 1.807) is 31.4 Å². The molecule has 0 bridgehead atoms. The van der Waals surface area contributed by atoms with Crippen molar-refractivity contribution in [3.05, 3.63) is 55.6 Å². The van der Waals surface area contributed by atoms with Gasteiger partial charge >= 0.3 is 5.69 Å². The van der Waals surface area contributed by atoms with Crippen molar-refractivity contribution in [3.8, 4) is 5.75 Å². The molecule has 0 fully saturated rings. The highest BCUT2D eigenvalue weighted by Crippen LogP contribution is 2.19. The van der Waals surface area contributed by atoms with Crippen LogP contribution in [0.25, 0.3) is 0 Å². The summed E-state index contributed by atoms with van der Waals surface area (Å²) in [5.41, 5.74) is -0.984. The van der Waals surface area contributed by atoms with Gasteiger partial charge in [-0.2, -0.15) is 0 Å². The Morgan fingerprint density at radius 2 is 1.95 bits per heavy atom. The van der Waals surface area contributed by atoms with E-state index in [-0.39, 0.29) is 18.1 Å². The number of methoxy groups -OCH3 is 1. The number of aromatic nitrogens is 2. The van der Waals surface area contributed by atoms with Crippen LogP contribution in [0.15, 0.2) is 39.0 Å². The molecule has 0 unspecified atom stereocenters. The van der Waals surface area contributed by atoms with Crippen LogP contribution < -0.4 is 21.3 Å². The molecule has 2 N–H and O–H groups in total. The van der Waals surface area contributed by atoms with Gasteiger partial charge in [-0.05, 0) is 22.9 Å². The van der Waals surface area contributed by atoms with Gasteiger partial charge in [-0.1, -0.05) is 12.1 Å². The van der Waals surface area contributed by atoms with Gasteiger partial charge in [0.05, 0.1) is 13.7 Å². The number of H-pyrrole nitrogens is 1. The van der Waals surface area contributed by atoms with Crippen molar-refractivity contribution in [2.24, 2.45) is 5.18 Å². The fourth-order valence-electron chi connectivity index (χ4n) is 1.96. The first-order valence-electron chi connectivity index (χ1n) is 6.12. The Bertz CT molecular complexity index is 761. The third-order valence-electron chi connectivity index (χ3n) is 3.00. The molecule has 0 atom stereocenters. The van der Waals surface area contributed by atoms with Gasteiger partial charge in [0.2, 0.25) is 5.69 Å². The van der Waals surface area contributed by atoms with Crippen LogP contribution in [0.1, 0.15) is 5.56 Å². The fourth-order valence-corrected chi connectivity index (χ4v) is 1.96. The summed E-state index contributed by atoms with van der Waals surface area (Å²) >= 11 is 0. The molecule has 0 radical (unpaired) electrons. The number of benzene rings is 1. The molecule has 8 nitrogen and oxygen atoms in total. The minimum Gasteiger partial charge on any atom is -0.497 e. The van der Waals surface area contributed by atoms with E-state index < -0.39 is 11.2 Å². The van der Waals surface area contributed by atoms with Crippen LogP contribution in [0.2, 0.25) is 0 Å². The predicted octanol–water partition coefficient (Wildman–Crippen LogP) is 1.03. The maximum atomic E-state index is 11.9. The molecule has 0 saturated carbocycles. The highest BCUT2D eigenvalue weighted by Gasteiger charge is 2.14. The summed E-state index contributed by atoms with van der Waals surface area (Å²) in [4.78, 5) is 36.3. The van der Waals surface area contributed by atoms with E-state index >= 15 is 0 Å². The van der Waals surface area contributed by atoms with Crippen molar-refractivity contribution < 1.29 is 4.74 Å². The van der Waals surface area contributed by atoms with Crippen molar-refractivity contribution in [3.63, 3.8) is 0 Å². The van der Waals surface area contributed by atoms with Crippen LogP contribution in [0, 0.1) is 4.91 Å². The molecule has 8 heteroatoms. The van der Waals surface area contributed by atoms with Gasteiger partial charge in [-0.3, -0.25) is 14.3 Å². The van der Waals surface area contributed by atoms with E-state index in [0.717, 1.165) is 5.56 Å². The number of anilines is 1. The van der Waals surface area contributed by atoms with E-state index in [0.29, 0.717) is 5.75 Å². The van der Waals surface area contributed by atoms with Crippen LogP contribution in [0.3, 0.4) is 0 Å². The summed E-state index contributed by atoms with van der Waals surface area (Å²) in [5.74, 6) is 0.770. The zero-order chi connectivity index (χ0) is 15.4. The molecule has 1 aromatic carbocycles. The SMILES string of the molecule is CNc1c(N=O)c(=O)[nH]c(=O)n1Cc1ccc(OC)cc1. The summed E-state index contributed by atoms with van der Waals surface area (Å²) in [6, 6.07) is 7.07. The molecule has 0 aliphatic heterocycles. The number of aromatic amines is 1. The van der Waals surface area contributed by atoms with E-state index in [4.69, 9.17) is 4.74 Å². The molecule has 21 heavy (non-hydrogen) atoms. The lowest BCUT2D eigenvalue weighted by Gasteiger charge is -2.12. The minimum absolute atomic E-state index is 0.0783. The summed E-state index contributed by atoms with van der Waals surface area (Å²) in [6.45, 7) is 0.179. The van der Waals surface area contributed by atoms with E-state index in [1.807, 2.05) is 0 Å². The van der Waals surface area contributed by atoms with Gasteiger partial charge in [-0.25, -0.2) is 4.79 Å². The Kier molecular flexibility index (Phi) is 4.17. The molecular formula is C13H14N4O4. The Morgan fingerprint density at radius 1 is 1.29 bits per heavy atom. The zero-order valence-corrected chi connectivity index (χ0v) is 11.5. The van der Waals surface area contributed by atoms with Gasteiger partial charge in [0, 0.05) is 7.05 Å². The number of ether oxygens (including phenoxy) is 1. The highest BCUT2D eigenvalue weighted by molar-refractivity contribution is 5.59. The molecule has 0 amide bonds. The highest BCUT2D eigenvalue weighted by atomic mass is 16.5. The monoisotopic (exact) mass is 290 g/mol. The molecule has 1 heterocycles. The number of nitrogens with one attached hydrogen (secondary N) is 2. The number of hydrogen-bond acceptors (Lipinski definition) is 6. The van der Waals surface area contributed by atoms with Crippen molar-refractivity contribution in [1.82, 2.24) is 9.55 Å². The van der Waals surface area contributed by atoms with Crippen LogP contribution >= 0.6 is 0 Å². The molecular weight excluding hydrogens is 276 g/mol. The molecule has 0 saturated heterocycles. The van der Waals surface area contributed by atoms with Crippen molar-refractivity contribution in [2.75, 3.05) is 19.5 Å². The lowest BCUT2D eigenvalue weighted by atomic mass is 10.2. The van der Waals surface area contributed by atoms with E-state index in [9.17, 15) is 14.5 Å². The van der Waals surface area contributed by atoms with Gasteiger partial charge < -0.3 is 10.1 Å². The number of rotatable bonds is 5.